The fourth-order valence-corrected chi connectivity index (χ4v) is 4.15. The Kier molecular flexibility index (Phi) is 4.86. The molecule has 0 spiro atoms. The van der Waals surface area contributed by atoms with Gasteiger partial charge in [0.15, 0.2) is 5.84 Å². The highest BCUT2D eigenvalue weighted by Crippen LogP contribution is 2.37. The molecule has 1 fully saturated rings. The summed E-state index contributed by atoms with van der Waals surface area (Å²) in [4.78, 5) is 0. The monoisotopic (exact) mass is 294 g/mol. The van der Waals surface area contributed by atoms with Crippen LogP contribution in [0.2, 0.25) is 0 Å². The molecule has 6 heteroatoms. The minimum atomic E-state index is 0.117. The van der Waals surface area contributed by atoms with Gasteiger partial charge < -0.3 is 10.9 Å². The summed E-state index contributed by atoms with van der Waals surface area (Å²) in [6.07, 6.45) is 4.95. The van der Waals surface area contributed by atoms with Gasteiger partial charge in [0.1, 0.15) is 5.03 Å². The van der Waals surface area contributed by atoms with E-state index >= 15 is 0 Å². The quantitative estimate of drug-likeness (QED) is 0.387. The fraction of sp³-hybridized carbons (Fsp3) is 0.643. The van der Waals surface area contributed by atoms with E-state index in [1.165, 1.54) is 25.7 Å². The van der Waals surface area contributed by atoms with Crippen LogP contribution in [0.4, 0.5) is 0 Å². The van der Waals surface area contributed by atoms with Gasteiger partial charge in [0.25, 0.3) is 0 Å². The van der Waals surface area contributed by atoms with Crippen molar-refractivity contribution >= 4 is 17.6 Å². The number of hydrogen-bond acceptors (Lipinski definition) is 5. The molecule has 0 radical (unpaired) electrons. The average molecular weight is 294 g/mol. The van der Waals surface area contributed by atoms with Crippen molar-refractivity contribution in [2.75, 3.05) is 0 Å². The van der Waals surface area contributed by atoms with E-state index in [4.69, 9.17) is 10.9 Å². The van der Waals surface area contributed by atoms with Gasteiger partial charge in [-0.1, -0.05) is 24.9 Å². The maximum absolute atomic E-state index is 8.98. The molecule has 0 amide bonds. The second-order valence-electron chi connectivity index (χ2n) is 5.59. The number of nitrogens with zero attached hydrogens (tertiary/aromatic N) is 3. The van der Waals surface area contributed by atoms with E-state index in [2.05, 4.69) is 22.3 Å². The third-order valence-electron chi connectivity index (χ3n) is 3.95. The first kappa shape index (κ1) is 15.1. The highest BCUT2D eigenvalue weighted by molar-refractivity contribution is 7.99. The maximum Gasteiger partial charge on any atom is 0.173 e. The van der Waals surface area contributed by atoms with E-state index in [9.17, 15) is 0 Å². The molecular formula is C14H22N4OS. The van der Waals surface area contributed by atoms with Gasteiger partial charge in [-0.25, -0.2) is 0 Å². The lowest BCUT2D eigenvalue weighted by Gasteiger charge is -2.26. The second-order valence-corrected chi connectivity index (χ2v) is 6.88. The number of oxime groups is 1. The fourth-order valence-electron chi connectivity index (χ4n) is 2.66. The van der Waals surface area contributed by atoms with Gasteiger partial charge in [-0.05, 0) is 38.2 Å². The number of rotatable bonds is 3. The number of hydrogen-bond donors (Lipinski definition) is 2. The van der Waals surface area contributed by atoms with E-state index in [0.717, 1.165) is 27.8 Å². The summed E-state index contributed by atoms with van der Waals surface area (Å²) in [6, 6.07) is 0. The van der Waals surface area contributed by atoms with Crippen molar-refractivity contribution in [2.24, 2.45) is 16.8 Å². The third-order valence-corrected chi connectivity index (χ3v) is 5.22. The summed E-state index contributed by atoms with van der Waals surface area (Å²) in [5.41, 5.74) is 8.29. The second kappa shape index (κ2) is 6.43. The number of aromatic nitrogens is 2. The number of amidine groups is 1. The molecule has 1 saturated carbocycles. The molecule has 0 aromatic carbocycles. The smallest absolute Gasteiger partial charge is 0.173 e. The number of aryl methyl sites for hydroxylation is 1. The largest absolute Gasteiger partial charge is 0.409 e. The Morgan fingerprint density at radius 2 is 2.10 bits per heavy atom. The number of thioether (sulfide) groups is 1. The van der Waals surface area contributed by atoms with E-state index in [-0.39, 0.29) is 5.84 Å². The highest BCUT2D eigenvalue weighted by atomic mass is 32.2. The molecule has 1 aromatic heterocycles. The summed E-state index contributed by atoms with van der Waals surface area (Å²) in [7, 11) is 0. The average Bonchev–Trinajstić information content (AvgIpc) is 2.42. The van der Waals surface area contributed by atoms with Gasteiger partial charge in [0, 0.05) is 5.25 Å². The van der Waals surface area contributed by atoms with Crippen LogP contribution in [0.5, 0.6) is 0 Å². The first-order chi connectivity index (χ1) is 9.52. The van der Waals surface area contributed by atoms with Gasteiger partial charge in [0.2, 0.25) is 0 Å². The summed E-state index contributed by atoms with van der Waals surface area (Å²) in [5.74, 6) is 0.875. The molecule has 110 valence electrons. The van der Waals surface area contributed by atoms with Crippen LogP contribution in [0, 0.1) is 19.8 Å². The van der Waals surface area contributed by atoms with Crippen LogP contribution in [-0.4, -0.2) is 26.5 Å². The summed E-state index contributed by atoms with van der Waals surface area (Å²) < 4.78 is 0. The van der Waals surface area contributed by atoms with Gasteiger partial charge in [-0.2, -0.15) is 5.10 Å². The molecule has 1 aliphatic rings. The Labute approximate surface area is 124 Å². The van der Waals surface area contributed by atoms with Crippen molar-refractivity contribution in [3.8, 4) is 0 Å². The zero-order valence-electron chi connectivity index (χ0n) is 12.3. The van der Waals surface area contributed by atoms with Crippen LogP contribution in [0.1, 0.15) is 49.4 Å². The summed E-state index contributed by atoms with van der Waals surface area (Å²) in [6.45, 7) is 6.11. The predicted octanol–water partition coefficient (Wildman–Crippen LogP) is 2.86. The van der Waals surface area contributed by atoms with E-state index in [1.807, 2.05) is 13.8 Å². The van der Waals surface area contributed by atoms with E-state index in [1.54, 1.807) is 11.8 Å². The number of nitrogens with two attached hydrogens (primary N) is 1. The highest BCUT2D eigenvalue weighted by Gasteiger charge is 2.23. The normalized spacial score (nSPS) is 23.9. The van der Waals surface area contributed by atoms with Crippen LogP contribution in [0.15, 0.2) is 10.2 Å². The molecular weight excluding hydrogens is 272 g/mol. The van der Waals surface area contributed by atoms with Gasteiger partial charge >= 0.3 is 0 Å². The van der Waals surface area contributed by atoms with Crippen molar-refractivity contribution in [2.45, 2.75) is 56.7 Å². The molecule has 0 saturated heterocycles. The lowest BCUT2D eigenvalue weighted by atomic mass is 9.91. The zero-order chi connectivity index (χ0) is 14.7. The van der Waals surface area contributed by atoms with E-state index in [0.29, 0.717) is 5.25 Å². The predicted molar refractivity (Wildman–Crippen MR) is 81.3 cm³/mol. The summed E-state index contributed by atoms with van der Waals surface area (Å²) in [5, 5.41) is 21.9. The van der Waals surface area contributed by atoms with Gasteiger partial charge in [0.05, 0.1) is 11.3 Å². The SMILES string of the molecule is Cc1nnc(SC2CCCC(C)C2)c(C(N)=NO)c1C. The van der Waals surface area contributed by atoms with Crippen molar-refractivity contribution in [3.63, 3.8) is 0 Å². The van der Waals surface area contributed by atoms with Gasteiger partial charge in [-0.3, -0.25) is 0 Å². The van der Waals surface area contributed by atoms with Crippen LogP contribution >= 0.6 is 11.8 Å². The minimum Gasteiger partial charge on any atom is -0.409 e. The van der Waals surface area contributed by atoms with Crippen LogP contribution in [0.25, 0.3) is 0 Å². The first-order valence-electron chi connectivity index (χ1n) is 7.01. The van der Waals surface area contributed by atoms with Crippen molar-refractivity contribution in [3.05, 3.63) is 16.8 Å². The molecule has 3 N–H and O–H groups in total. The molecule has 5 nitrogen and oxygen atoms in total. The van der Waals surface area contributed by atoms with Crippen LogP contribution in [0.3, 0.4) is 0 Å². The Hall–Kier alpha value is -1.30. The lowest BCUT2D eigenvalue weighted by Crippen LogP contribution is -2.20. The molecule has 2 rings (SSSR count). The molecule has 0 aliphatic heterocycles. The van der Waals surface area contributed by atoms with E-state index < -0.39 is 0 Å². The molecule has 1 heterocycles. The van der Waals surface area contributed by atoms with Crippen LogP contribution in [-0.2, 0) is 0 Å². The molecule has 2 atom stereocenters. The summed E-state index contributed by atoms with van der Waals surface area (Å²) >= 11 is 1.72. The Bertz CT molecular complexity index is 518. The van der Waals surface area contributed by atoms with Crippen molar-refractivity contribution < 1.29 is 5.21 Å². The minimum absolute atomic E-state index is 0.117. The molecule has 0 bridgehead atoms. The molecule has 2 unspecified atom stereocenters. The Balaban J connectivity index is 2.29. The third kappa shape index (κ3) is 3.23. The Morgan fingerprint density at radius 3 is 2.75 bits per heavy atom. The molecule has 20 heavy (non-hydrogen) atoms. The zero-order valence-corrected chi connectivity index (χ0v) is 13.1. The topological polar surface area (TPSA) is 84.4 Å². The lowest BCUT2D eigenvalue weighted by molar-refractivity contribution is 0.318. The molecule has 1 aromatic rings. The maximum atomic E-state index is 8.98. The van der Waals surface area contributed by atoms with Crippen LogP contribution < -0.4 is 5.73 Å². The first-order valence-corrected chi connectivity index (χ1v) is 7.89. The van der Waals surface area contributed by atoms with Gasteiger partial charge in [-0.15, -0.1) is 16.9 Å². The van der Waals surface area contributed by atoms with Crippen molar-refractivity contribution in [1.82, 2.24) is 10.2 Å². The Morgan fingerprint density at radius 1 is 1.35 bits per heavy atom. The molecule has 1 aliphatic carbocycles. The standard InChI is InChI=1S/C14H22N4OS/c1-8-5-4-6-11(7-8)20-14-12(13(15)18-19)9(2)10(3)16-17-14/h8,11,19H,4-7H2,1-3H3,(H2,15,18). The van der Waals surface area contributed by atoms with Crippen molar-refractivity contribution in [1.29, 1.82) is 0 Å².